The van der Waals surface area contributed by atoms with E-state index in [0.29, 0.717) is 11.3 Å². The second-order valence-electron chi connectivity index (χ2n) is 9.90. The topological polar surface area (TPSA) is 53.6 Å². The van der Waals surface area contributed by atoms with Crippen LogP contribution in [0.2, 0.25) is 0 Å². The zero-order valence-corrected chi connectivity index (χ0v) is 16.7. The largest absolute Gasteiger partial charge is 0.373 e. The van der Waals surface area contributed by atoms with Gasteiger partial charge in [0.05, 0.1) is 12.2 Å². The number of nitrogens with zero attached hydrogens (tertiary/aromatic N) is 1. The molecule has 2 saturated carbocycles. The second-order valence-corrected chi connectivity index (χ2v) is 9.90. The smallest absolute Gasteiger partial charge is 0.223 e. The lowest BCUT2D eigenvalue weighted by molar-refractivity contribution is -0.130. The third-order valence-electron chi connectivity index (χ3n) is 7.58. The van der Waals surface area contributed by atoms with E-state index in [0.717, 1.165) is 45.8 Å². The van der Waals surface area contributed by atoms with Gasteiger partial charge in [-0.15, -0.1) is 0 Å². The van der Waals surface area contributed by atoms with E-state index < -0.39 is 0 Å². The van der Waals surface area contributed by atoms with Crippen molar-refractivity contribution < 1.29 is 9.53 Å². The summed E-state index contributed by atoms with van der Waals surface area (Å²) in [5.41, 5.74) is 0.392. The first-order valence-corrected chi connectivity index (χ1v) is 10.8. The minimum absolute atomic E-state index is 0.0810. The number of morpholine rings is 1. The second kappa shape index (κ2) is 7.06. The van der Waals surface area contributed by atoms with Gasteiger partial charge in [-0.05, 0) is 64.5 Å². The highest BCUT2D eigenvalue weighted by Crippen LogP contribution is 2.58. The molecule has 2 saturated heterocycles. The van der Waals surface area contributed by atoms with Crippen molar-refractivity contribution in [2.45, 2.75) is 76.4 Å². The summed E-state index contributed by atoms with van der Waals surface area (Å²) in [5.74, 6) is 0.593. The van der Waals surface area contributed by atoms with Gasteiger partial charge in [0.15, 0.2) is 0 Å². The molecule has 0 aromatic carbocycles. The summed E-state index contributed by atoms with van der Waals surface area (Å²) in [6.45, 7) is 10.2. The lowest BCUT2D eigenvalue weighted by atomic mass is 9.79. The van der Waals surface area contributed by atoms with E-state index in [1.807, 2.05) is 0 Å². The molecule has 2 N–H and O–H groups in total. The molecule has 1 spiro atoms. The van der Waals surface area contributed by atoms with Crippen LogP contribution in [-0.2, 0) is 9.53 Å². The summed E-state index contributed by atoms with van der Waals surface area (Å²) < 4.78 is 5.95. The summed E-state index contributed by atoms with van der Waals surface area (Å²) >= 11 is 0. The molecule has 1 unspecified atom stereocenters. The molecule has 0 aromatic heterocycles. The predicted molar refractivity (Wildman–Crippen MR) is 103 cm³/mol. The highest BCUT2D eigenvalue weighted by molar-refractivity contribution is 5.82. The molecule has 4 rings (SSSR count). The lowest BCUT2D eigenvalue weighted by Crippen LogP contribution is -2.63. The van der Waals surface area contributed by atoms with Crippen molar-refractivity contribution in [2.24, 2.45) is 11.3 Å². The maximum atomic E-state index is 12.9. The number of nitrogens with one attached hydrogen (secondary N) is 2. The first-order chi connectivity index (χ1) is 12.4. The van der Waals surface area contributed by atoms with Gasteiger partial charge in [-0.2, -0.15) is 0 Å². The van der Waals surface area contributed by atoms with Crippen LogP contribution in [0.3, 0.4) is 0 Å². The van der Waals surface area contributed by atoms with Crippen LogP contribution in [0.4, 0.5) is 0 Å². The third-order valence-corrected chi connectivity index (χ3v) is 7.58. The lowest BCUT2D eigenvalue weighted by Gasteiger charge is -2.51. The monoisotopic (exact) mass is 363 g/mol. The maximum absolute atomic E-state index is 12.9. The molecule has 1 atom stereocenters. The van der Waals surface area contributed by atoms with E-state index in [1.54, 1.807) is 0 Å². The maximum Gasteiger partial charge on any atom is 0.223 e. The van der Waals surface area contributed by atoms with E-state index >= 15 is 0 Å². The summed E-state index contributed by atoms with van der Waals surface area (Å²) in [7, 11) is 0. The normalized spacial score (nSPS) is 32.9. The van der Waals surface area contributed by atoms with E-state index in [-0.39, 0.29) is 17.1 Å². The molecule has 148 valence electrons. The minimum Gasteiger partial charge on any atom is -0.373 e. The number of rotatable bonds is 4. The zero-order valence-electron chi connectivity index (χ0n) is 16.7. The van der Waals surface area contributed by atoms with E-state index in [4.69, 9.17) is 4.74 Å². The number of hydrogen-bond donors (Lipinski definition) is 2. The Morgan fingerprint density at radius 1 is 1.15 bits per heavy atom. The molecule has 0 aromatic rings. The molecule has 4 fully saturated rings. The molecule has 2 heterocycles. The fraction of sp³-hybridized carbons (Fsp3) is 0.952. The van der Waals surface area contributed by atoms with Gasteiger partial charge in [0.2, 0.25) is 5.91 Å². The van der Waals surface area contributed by atoms with Crippen molar-refractivity contribution in [2.75, 3.05) is 39.3 Å². The quantitative estimate of drug-likeness (QED) is 0.805. The fourth-order valence-corrected chi connectivity index (χ4v) is 5.81. The Labute approximate surface area is 158 Å². The number of carbonyl (C=O) groups is 1. The molecule has 0 radical (unpaired) electrons. The Balaban J connectivity index is 1.39. The molecule has 1 amide bonds. The molecule has 5 heteroatoms. The number of amides is 1. The van der Waals surface area contributed by atoms with Crippen LogP contribution in [0.5, 0.6) is 0 Å². The third kappa shape index (κ3) is 3.67. The van der Waals surface area contributed by atoms with E-state index in [2.05, 4.69) is 29.4 Å². The number of ether oxygens (including phenoxy) is 1. The van der Waals surface area contributed by atoms with Gasteiger partial charge in [0, 0.05) is 31.1 Å². The first-order valence-electron chi connectivity index (χ1n) is 10.8. The molecule has 0 bridgehead atoms. The number of carbonyl (C=O) groups excluding carboxylic acids is 1. The van der Waals surface area contributed by atoms with Crippen LogP contribution < -0.4 is 10.6 Å². The average molecular weight is 364 g/mol. The summed E-state index contributed by atoms with van der Waals surface area (Å²) in [6.07, 6.45) is 9.79. The summed E-state index contributed by atoms with van der Waals surface area (Å²) in [5, 5.41) is 6.84. The predicted octanol–water partition coefficient (Wildman–Crippen LogP) is 2.31. The molecule has 5 nitrogen and oxygen atoms in total. The number of hydrogen-bond acceptors (Lipinski definition) is 4. The van der Waals surface area contributed by atoms with Crippen LogP contribution in [0.25, 0.3) is 0 Å². The standard InChI is InChI=1S/C21H37N3O2/c1-19(2)16-24(12-13-26-19)21(6-4-3-5-7-21)15-23-18(25)17-14-20(17)8-10-22-11-9-20/h17,22H,3-16H2,1-2H3,(H,23,25). The van der Waals surface area contributed by atoms with Crippen LogP contribution in [0.1, 0.15) is 65.2 Å². The van der Waals surface area contributed by atoms with E-state index in [1.165, 1.54) is 44.9 Å². The van der Waals surface area contributed by atoms with Crippen molar-refractivity contribution in [1.29, 1.82) is 0 Å². The minimum atomic E-state index is -0.0810. The Morgan fingerprint density at radius 3 is 2.58 bits per heavy atom. The van der Waals surface area contributed by atoms with Crippen LogP contribution in [-0.4, -0.2) is 61.3 Å². The molecule has 4 aliphatic rings. The van der Waals surface area contributed by atoms with Crippen molar-refractivity contribution in [3.8, 4) is 0 Å². The highest BCUT2D eigenvalue weighted by Gasteiger charge is 2.57. The van der Waals surface area contributed by atoms with Crippen molar-refractivity contribution >= 4 is 5.91 Å². The van der Waals surface area contributed by atoms with Crippen LogP contribution >= 0.6 is 0 Å². The first kappa shape index (κ1) is 18.7. The Morgan fingerprint density at radius 2 is 1.88 bits per heavy atom. The van der Waals surface area contributed by atoms with Crippen molar-refractivity contribution in [3.63, 3.8) is 0 Å². The molecule has 26 heavy (non-hydrogen) atoms. The van der Waals surface area contributed by atoms with Gasteiger partial charge < -0.3 is 15.4 Å². The van der Waals surface area contributed by atoms with Gasteiger partial charge in [-0.3, -0.25) is 9.69 Å². The summed E-state index contributed by atoms with van der Waals surface area (Å²) in [4.78, 5) is 15.5. The van der Waals surface area contributed by atoms with Gasteiger partial charge in [0.25, 0.3) is 0 Å². The molecular formula is C21H37N3O2. The Bertz CT molecular complexity index is 521. The zero-order chi connectivity index (χ0) is 18.3. The molecule has 2 aliphatic carbocycles. The van der Waals surface area contributed by atoms with Crippen molar-refractivity contribution in [3.05, 3.63) is 0 Å². The number of piperidine rings is 1. The molecule has 2 aliphatic heterocycles. The van der Waals surface area contributed by atoms with Crippen LogP contribution in [0, 0.1) is 11.3 Å². The Hall–Kier alpha value is -0.650. The molecular weight excluding hydrogens is 326 g/mol. The van der Waals surface area contributed by atoms with E-state index in [9.17, 15) is 4.79 Å². The summed E-state index contributed by atoms with van der Waals surface area (Å²) in [6, 6.07) is 0. The SMILES string of the molecule is CC1(C)CN(C2(CNC(=O)C3CC34CCNCC4)CCCCC2)CCO1. The van der Waals surface area contributed by atoms with Crippen molar-refractivity contribution in [1.82, 2.24) is 15.5 Å². The van der Waals surface area contributed by atoms with Crippen LogP contribution in [0.15, 0.2) is 0 Å². The fourth-order valence-electron chi connectivity index (χ4n) is 5.81. The van der Waals surface area contributed by atoms with Gasteiger partial charge in [0.1, 0.15) is 0 Å². The average Bonchev–Trinajstić information content (AvgIpc) is 3.33. The van der Waals surface area contributed by atoms with Gasteiger partial charge >= 0.3 is 0 Å². The highest BCUT2D eigenvalue weighted by atomic mass is 16.5. The van der Waals surface area contributed by atoms with Gasteiger partial charge in [-0.25, -0.2) is 0 Å². The van der Waals surface area contributed by atoms with Gasteiger partial charge in [-0.1, -0.05) is 19.3 Å². The Kier molecular flexibility index (Phi) is 5.08.